The number of hydrogen-bond donors (Lipinski definition) is 5. The van der Waals surface area contributed by atoms with E-state index in [4.69, 9.17) is 16.6 Å². The first kappa shape index (κ1) is 26.9. The molecule has 0 saturated heterocycles. The highest BCUT2D eigenvalue weighted by Gasteiger charge is 2.31. The van der Waals surface area contributed by atoms with Crippen LogP contribution in [-0.4, -0.2) is 30.4 Å². The molecule has 0 saturated carbocycles. The van der Waals surface area contributed by atoms with Crippen LogP contribution in [0.4, 0.5) is 18.9 Å². The Labute approximate surface area is 199 Å². The van der Waals surface area contributed by atoms with Gasteiger partial charge in [0.05, 0.1) is 0 Å². The summed E-state index contributed by atoms with van der Waals surface area (Å²) in [5, 5.41) is 18.5. The first-order valence-corrected chi connectivity index (χ1v) is 10.2. The fraction of sp³-hybridized carbons (Fsp3) is 0.125. The monoisotopic (exact) mass is 486 g/mol. The van der Waals surface area contributed by atoms with Gasteiger partial charge in [0, 0.05) is 53.8 Å². The number of nitrogens with two attached hydrogens (primary N) is 2. The van der Waals surface area contributed by atoms with Crippen molar-refractivity contribution in [3.8, 4) is 11.4 Å². The van der Waals surface area contributed by atoms with Crippen LogP contribution in [0.1, 0.15) is 16.7 Å². The summed E-state index contributed by atoms with van der Waals surface area (Å²) in [5.41, 5.74) is 11.7. The molecule has 3 rings (SSSR count). The lowest BCUT2D eigenvalue weighted by atomic mass is 10.0. The number of nitrogens with zero attached hydrogens (tertiary/aromatic N) is 1. The van der Waals surface area contributed by atoms with Gasteiger partial charge in [-0.1, -0.05) is 30.3 Å². The minimum absolute atomic E-state index is 0.0863. The molecule has 0 aliphatic rings. The number of benzene rings is 2. The molecular formula is C24H25F3N6O2. The van der Waals surface area contributed by atoms with Crippen molar-refractivity contribution in [1.82, 2.24) is 4.57 Å². The van der Waals surface area contributed by atoms with Gasteiger partial charge in [-0.15, -0.1) is 13.2 Å². The second-order valence-electron chi connectivity index (χ2n) is 6.80. The summed E-state index contributed by atoms with van der Waals surface area (Å²) < 4.78 is 42.5. The van der Waals surface area contributed by atoms with Gasteiger partial charge in [0.1, 0.15) is 11.4 Å². The largest absolute Gasteiger partial charge is 0.573 e. The zero-order chi connectivity index (χ0) is 26.0. The van der Waals surface area contributed by atoms with Crippen molar-refractivity contribution in [3.63, 3.8) is 0 Å². The topological polar surface area (TPSA) is 143 Å². The lowest BCUT2D eigenvalue weighted by molar-refractivity contribution is -0.274. The molecule has 0 aliphatic carbocycles. The number of alkyl halides is 3. The summed E-state index contributed by atoms with van der Waals surface area (Å²) in [7, 11) is 1.50. The summed E-state index contributed by atoms with van der Waals surface area (Å²) in [4.78, 5) is 13.3. The zero-order valence-corrected chi connectivity index (χ0v) is 18.8. The van der Waals surface area contributed by atoms with E-state index in [-0.39, 0.29) is 29.1 Å². The highest BCUT2D eigenvalue weighted by molar-refractivity contribution is 6.12. The minimum Gasteiger partial charge on any atom is -0.406 e. The molecule has 0 aliphatic heterocycles. The van der Waals surface area contributed by atoms with Crippen molar-refractivity contribution < 1.29 is 17.9 Å². The number of pyridine rings is 1. The summed E-state index contributed by atoms with van der Waals surface area (Å²) >= 11 is 0. The number of hydrogen-bond acceptors (Lipinski definition) is 7. The fourth-order valence-corrected chi connectivity index (χ4v) is 3.18. The maximum atomic E-state index is 13.3. The van der Waals surface area contributed by atoms with E-state index >= 15 is 0 Å². The SMILES string of the molecule is CN.N=C/C(=C\N)c1cn(-c2ccc(OC(F)(F)F)cc2)c(=O)c(NCc2ccccc2)c1C=N. The molecule has 0 radical (unpaired) electrons. The first-order chi connectivity index (χ1) is 16.8. The number of halogens is 3. The maximum Gasteiger partial charge on any atom is 0.573 e. The molecule has 0 bridgehead atoms. The number of anilines is 1. The lowest BCUT2D eigenvalue weighted by Crippen LogP contribution is -2.25. The van der Waals surface area contributed by atoms with Gasteiger partial charge in [0.15, 0.2) is 0 Å². The predicted octanol–water partition coefficient (Wildman–Crippen LogP) is 3.87. The number of aromatic nitrogens is 1. The van der Waals surface area contributed by atoms with Gasteiger partial charge >= 0.3 is 6.36 Å². The Hall–Kier alpha value is -4.38. The van der Waals surface area contributed by atoms with Crippen LogP contribution in [0, 0.1) is 10.8 Å². The van der Waals surface area contributed by atoms with Gasteiger partial charge in [-0.05, 0) is 36.9 Å². The third-order valence-electron chi connectivity index (χ3n) is 4.70. The predicted molar refractivity (Wildman–Crippen MR) is 131 cm³/mol. The van der Waals surface area contributed by atoms with Crippen LogP contribution in [0.2, 0.25) is 0 Å². The van der Waals surface area contributed by atoms with Crippen LogP contribution >= 0.6 is 0 Å². The van der Waals surface area contributed by atoms with Crippen LogP contribution < -0.4 is 27.1 Å². The van der Waals surface area contributed by atoms with Crippen LogP contribution in [-0.2, 0) is 6.54 Å². The highest BCUT2D eigenvalue weighted by Crippen LogP contribution is 2.26. The lowest BCUT2D eigenvalue weighted by Gasteiger charge is -2.17. The fourth-order valence-electron chi connectivity index (χ4n) is 3.18. The summed E-state index contributed by atoms with van der Waals surface area (Å²) in [6.07, 6.45) is -0.304. The minimum atomic E-state index is -4.84. The molecule has 11 heteroatoms. The summed E-state index contributed by atoms with van der Waals surface area (Å²) in [6, 6.07) is 14.1. The van der Waals surface area contributed by atoms with Gasteiger partial charge in [-0.25, -0.2) is 0 Å². The molecule has 3 aromatic rings. The zero-order valence-electron chi connectivity index (χ0n) is 18.8. The smallest absolute Gasteiger partial charge is 0.406 e. The Balaban J connectivity index is 0.00000210. The van der Waals surface area contributed by atoms with Crippen molar-refractivity contribution in [3.05, 3.63) is 94.0 Å². The van der Waals surface area contributed by atoms with Crippen molar-refractivity contribution in [1.29, 1.82) is 10.8 Å². The van der Waals surface area contributed by atoms with E-state index in [1.165, 1.54) is 36.1 Å². The van der Waals surface area contributed by atoms with Gasteiger partial charge in [0.2, 0.25) is 0 Å². The van der Waals surface area contributed by atoms with Crippen molar-refractivity contribution in [2.75, 3.05) is 12.4 Å². The number of allylic oxidation sites excluding steroid dienone is 1. The highest BCUT2D eigenvalue weighted by atomic mass is 19.4. The van der Waals surface area contributed by atoms with Gasteiger partial charge in [-0.2, -0.15) is 0 Å². The Morgan fingerprint density at radius 2 is 1.71 bits per heavy atom. The molecule has 0 atom stereocenters. The van der Waals surface area contributed by atoms with E-state index in [0.29, 0.717) is 5.56 Å². The molecule has 8 nitrogen and oxygen atoms in total. The molecule has 0 spiro atoms. The summed E-state index contributed by atoms with van der Waals surface area (Å²) in [6.45, 7) is 0.283. The van der Waals surface area contributed by atoms with E-state index in [2.05, 4.69) is 15.8 Å². The van der Waals surface area contributed by atoms with Gasteiger partial charge in [0.25, 0.3) is 5.56 Å². The van der Waals surface area contributed by atoms with E-state index in [1.807, 2.05) is 30.3 Å². The number of rotatable bonds is 8. The molecule has 184 valence electrons. The normalized spacial score (nSPS) is 11.2. The molecule has 0 amide bonds. The number of ether oxygens (including phenoxy) is 1. The molecular weight excluding hydrogens is 461 g/mol. The first-order valence-electron chi connectivity index (χ1n) is 10.2. The molecule has 0 unspecified atom stereocenters. The Kier molecular flexibility index (Phi) is 9.36. The van der Waals surface area contributed by atoms with Crippen LogP contribution in [0.5, 0.6) is 5.75 Å². The molecule has 2 aromatic carbocycles. The van der Waals surface area contributed by atoms with E-state index in [9.17, 15) is 18.0 Å². The molecule has 35 heavy (non-hydrogen) atoms. The van der Waals surface area contributed by atoms with Crippen molar-refractivity contribution >= 4 is 23.7 Å². The van der Waals surface area contributed by atoms with Crippen LogP contribution in [0.15, 0.2) is 71.8 Å². The van der Waals surface area contributed by atoms with Crippen molar-refractivity contribution in [2.45, 2.75) is 12.9 Å². The molecule has 1 heterocycles. The Bertz CT molecular complexity index is 1240. The Morgan fingerprint density at radius 3 is 2.23 bits per heavy atom. The van der Waals surface area contributed by atoms with Crippen LogP contribution in [0.25, 0.3) is 11.3 Å². The average molecular weight is 486 g/mol. The molecule has 1 aromatic heterocycles. The Morgan fingerprint density at radius 1 is 1.09 bits per heavy atom. The van der Waals surface area contributed by atoms with E-state index in [0.717, 1.165) is 30.1 Å². The second kappa shape index (κ2) is 12.2. The van der Waals surface area contributed by atoms with Crippen LogP contribution in [0.3, 0.4) is 0 Å². The third kappa shape index (κ3) is 6.81. The number of nitrogens with one attached hydrogen (secondary N) is 3. The van der Waals surface area contributed by atoms with Gasteiger partial charge < -0.3 is 32.3 Å². The van der Waals surface area contributed by atoms with Gasteiger partial charge in [-0.3, -0.25) is 9.36 Å². The molecule has 0 fully saturated rings. The summed E-state index contributed by atoms with van der Waals surface area (Å²) in [5.74, 6) is -0.430. The quantitative estimate of drug-likeness (QED) is 0.307. The van der Waals surface area contributed by atoms with Crippen molar-refractivity contribution in [2.24, 2.45) is 11.5 Å². The maximum absolute atomic E-state index is 13.3. The second-order valence-corrected chi connectivity index (χ2v) is 6.80. The standard InChI is InChI=1S/C23H20F3N5O2.CH5N/c24-23(25,26)33-18-8-6-17(7-9-18)31-14-20(16(10-27)11-28)19(12-29)21(22(31)32)30-13-15-4-2-1-3-5-15;1-2/h1-12,14,27,29-30H,13,28H2;2H2,1H3/b16-11+,27-10?,29-12?;. The van der Waals surface area contributed by atoms with E-state index < -0.39 is 17.7 Å². The molecule has 7 N–H and O–H groups in total. The third-order valence-corrected chi connectivity index (χ3v) is 4.70. The average Bonchev–Trinajstić information content (AvgIpc) is 2.86. The van der Waals surface area contributed by atoms with E-state index in [1.54, 1.807) is 0 Å².